The third-order valence-electron chi connectivity index (χ3n) is 7.60. The molecule has 1 atom stereocenters. The van der Waals surface area contributed by atoms with Gasteiger partial charge in [-0.15, -0.1) is 11.8 Å². The molecule has 0 saturated heterocycles. The van der Waals surface area contributed by atoms with Gasteiger partial charge in [-0.25, -0.2) is 0 Å². The van der Waals surface area contributed by atoms with Crippen LogP contribution in [0.15, 0.2) is 133 Å². The first-order valence-corrected chi connectivity index (χ1v) is 16.5. The number of ketones is 1. The Balaban J connectivity index is 1.04. The number of esters is 1. The summed E-state index contributed by atoms with van der Waals surface area (Å²) >= 11 is 1.63. The van der Waals surface area contributed by atoms with Crippen molar-refractivity contribution in [1.82, 2.24) is 0 Å². The largest absolute Gasteiger partial charge is 0.493 e. The SMILES string of the molecule is COC(=O)C(Cc1ccc(CCOc2ccc(C(=O)c3ccccc3)cc2)cc1)SCCc1ccc(OCc2ccccc2)cc1. The zero-order valence-corrected chi connectivity index (χ0v) is 26.8. The standard InChI is InChI=1S/C40H38O5S/c1-43-40(42)38(46-27-25-31-16-20-37(21-17-31)45-29-33-8-4-2-5-9-33)28-32-14-12-30(13-15-32)24-26-44-36-22-18-35(19-23-36)39(41)34-10-6-3-7-11-34/h2-23,38H,24-29H2,1H3. The van der Waals surface area contributed by atoms with Crippen LogP contribution in [0.25, 0.3) is 0 Å². The van der Waals surface area contributed by atoms with Gasteiger partial charge in [-0.2, -0.15) is 0 Å². The van der Waals surface area contributed by atoms with Gasteiger partial charge in [0.05, 0.1) is 13.7 Å². The van der Waals surface area contributed by atoms with Gasteiger partial charge in [0.25, 0.3) is 0 Å². The summed E-state index contributed by atoms with van der Waals surface area (Å²) in [5, 5.41) is -0.274. The van der Waals surface area contributed by atoms with E-state index in [1.165, 1.54) is 12.7 Å². The lowest BCUT2D eigenvalue weighted by molar-refractivity contribution is -0.139. The predicted octanol–water partition coefficient (Wildman–Crippen LogP) is 8.18. The van der Waals surface area contributed by atoms with E-state index < -0.39 is 0 Å². The smallest absolute Gasteiger partial charge is 0.319 e. The minimum Gasteiger partial charge on any atom is -0.493 e. The molecule has 1 unspecified atom stereocenters. The van der Waals surface area contributed by atoms with Gasteiger partial charge in [0.15, 0.2) is 5.78 Å². The Morgan fingerprint density at radius 2 is 1.13 bits per heavy atom. The first kappa shape index (κ1) is 32.6. The molecule has 0 aromatic heterocycles. The van der Waals surface area contributed by atoms with Crippen molar-refractivity contribution < 1.29 is 23.8 Å². The van der Waals surface area contributed by atoms with Crippen molar-refractivity contribution in [3.05, 3.63) is 167 Å². The highest BCUT2D eigenvalue weighted by molar-refractivity contribution is 8.00. The minimum absolute atomic E-state index is 0.00405. The highest BCUT2D eigenvalue weighted by Gasteiger charge is 2.20. The van der Waals surface area contributed by atoms with Crippen molar-refractivity contribution >= 4 is 23.5 Å². The molecular weight excluding hydrogens is 593 g/mol. The molecule has 0 fully saturated rings. The lowest BCUT2D eigenvalue weighted by Crippen LogP contribution is -2.22. The zero-order valence-electron chi connectivity index (χ0n) is 26.0. The predicted molar refractivity (Wildman–Crippen MR) is 185 cm³/mol. The fraction of sp³-hybridized carbons (Fsp3) is 0.200. The second-order valence-corrected chi connectivity index (χ2v) is 12.2. The molecule has 5 aromatic rings. The van der Waals surface area contributed by atoms with Crippen LogP contribution in [0.4, 0.5) is 0 Å². The zero-order chi connectivity index (χ0) is 32.0. The van der Waals surface area contributed by atoms with Crippen LogP contribution in [0.1, 0.15) is 38.2 Å². The van der Waals surface area contributed by atoms with E-state index in [4.69, 9.17) is 14.2 Å². The topological polar surface area (TPSA) is 61.8 Å². The molecule has 0 saturated carbocycles. The fourth-order valence-electron chi connectivity index (χ4n) is 4.96. The molecule has 5 nitrogen and oxygen atoms in total. The number of ether oxygens (including phenoxy) is 3. The number of hydrogen-bond acceptors (Lipinski definition) is 6. The average Bonchev–Trinajstić information content (AvgIpc) is 3.12. The molecule has 46 heavy (non-hydrogen) atoms. The van der Waals surface area contributed by atoms with Gasteiger partial charge in [0.1, 0.15) is 23.4 Å². The highest BCUT2D eigenvalue weighted by atomic mass is 32.2. The van der Waals surface area contributed by atoms with E-state index in [9.17, 15) is 9.59 Å². The molecule has 0 N–H and O–H groups in total. The maximum absolute atomic E-state index is 12.6. The van der Waals surface area contributed by atoms with Crippen LogP contribution >= 0.6 is 11.8 Å². The lowest BCUT2D eigenvalue weighted by Gasteiger charge is -2.15. The second kappa shape index (κ2) is 17.0. The lowest BCUT2D eigenvalue weighted by atomic mass is 10.0. The first-order valence-electron chi connectivity index (χ1n) is 15.4. The van der Waals surface area contributed by atoms with Crippen LogP contribution < -0.4 is 9.47 Å². The van der Waals surface area contributed by atoms with Crippen LogP contribution in [0, 0.1) is 0 Å². The Kier molecular flexibility index (Phi) is 12.1. The van der Waals surface area contributed by atoms with Gasteiger partial charge in [-0.3, -0.25) is 9.59 Å². The molecular formula is C40H38O5S. The summed E-state index contributed by atoms with van der Waals surface area (Å²) in [6.07, 6.45) is 2.20. The molecule has 0 radical (unpaired) electrons. The molecule has 234 valence electrons. The van der Waals surface area contributed by atoms with E-state index in [2.05, 4.69) is 36.4 Å². The number of thioether (sulfide) groups is 1. The fourth-order valence-corrected chi connectivity index (χ4v) is 6.14. The molecule has 0 spiro atoms. The van der Waals surface area contributed by atoms with E-state index in [1.807, 2.05) is 84.9 Å². The van der Waals surface area contributed by atoms with Crippen LogP contribution in [0.3, 0.4) is 0 Å². The molecule has 0 aliphatic carbocycles. The maximum Gasteiger partial charge on any atom is 0.319 e. The number of methoxy groups -OCH3 is 1. The van der Waals surface area contributed by atoms with Gasteiger partial charge in [0.2, 0.25) is 0 Å². The Morgan fingerprint density at radius 1 is 0.587 bits per heavy atom. The summed E-state index contributed by atoms with van der Waals surface area (Å²) in [5.74, 6) is 2.17. The van der Waals surface area contributed by atoms with Crippen LogP contribution in [-0.4, -0.2) is 36.5 Å². The molecule has 5 rings (SSSR count). The monoisotopic (exact) mass is 630 g/mol. The Morgan fingerprint density at radius 3 is 1.80 bits per heavy atom. The quantitative estimate of drug-likeness (QED) is 0.0810. The molecule has 0 amide bonds. The minimum atomic E-state index is -0.274. The Hall–Kier alpha value is -4.81. The molecule has 0 heterocycles. The third kappa shape index (κ3) is 9.85. The van der Waals surface area contributed by atoms with Gasteiger partial charge < -0.3 is 14.2 Å². The van der Waals surface area contributed by atoms with Gasteiger partial charge in [-0.05, 0) is 77.2 Å². The summed E-state index contributed by atoms with van der Waals surface area (Å²) < 4.78 is 16.9. The average molecular weight is 631 g/mol. The molecule has 0 aliphatic heterocycles. The highest BCUT2D eigenvalue weighted by Crippen LogP contribution is 2.22. The van der Waals surface area contributed by atoms with E-state index in [0.717, 1.165) is 46.8 Å². The first-order chi connectivity index (χ1) is 22.6. The number of rotatable bonds is 16. The van der Waals surface area contributed by atoms with Gasteiger partial charge in [0, 0.05) is 17.5 Å². The normalized spacial score (nSPS) is 11.4. The van der Waals surface area contributed by atoms with E-state index in [0.29, 0.717) is 30.8 Å². The van der Waals surface area contributed by atoms with E-state index in [-0.39, 0.29) is 17.0 Å². The number of carbonyl (C=O) groups excluding carboxylic acids is 2. The van der Waals surface area contributed by atoms with E-state index in [1.54, 1.807) is 23.9 Å². The Bertz CT molecular complexity index is 1650. The summed E-state index contributed by atoms with van der Waals surface area (Å²) in [7, 11) is 1.45. The van der Waals surface area contributed by atoms with Gasteiger partial charge >= 0.3 is 5.97 Å². The van der Waals surface area contributed by atoms with Crippen LogP contribution in [0.5, 0.6) is 11.5 Å². The van der Waals surface area contributed by atoms with Crippen molar-refractivity contribution in [3.8, 4) is 11.5 Å². The van der Waals surface area contributed by atoms with Crippen LogP contribution in [-0.2, 0) is 35.4 Å². The number of carbonyl (C=O) groups is 2. The summed E-state index contributed by atoms with van der Waals surface area (Å²) in [6.45, 7) is 1.06. The van der Waals surface area contributed by atoms with E-state index >= 15 is 0 Å². The Labute approximate surface area is 275 Å². The molecule has 0 bridgehead atoms. The van der Waals surface area contributed by atoms with Crippen molar-refractivity contribution in [1.29, 1.82) is 0 Å². The summed E-state index contributed by atoms with van der Waals surface area (Å²) in [5.41, 5.74) is 5.88. The summed E-state index contributed by atoms with van der Waals surface area (Å²) in [4.78, 5) is 25.2. The summed E-state index contributed by atoms with van der Waals surface area (Å²) in [6, 6.07) is 43.1. The van der Waals surface area contributed by atoms with Crippen molar-refractivity contribution in [2.75, 3.05) is 19.5 Å². The van der Waals surface area contributed by atoms with Crippen molar-refractivity contribution in [3.63, 3.8) is 0 Å². The van der Waals surface area contributed by atoms with Crippen molar-refractivity contribution in [2.24, 2.45) is 0 Å². The number of hydrogen-bond donors (Lipinski definition) is 0. The van der Waals surface area contributed by atoms with Crippen LogP contribution in [0.2, 0.25) is 0 Å². The molecule has 0 aliphatic rings. The molecule has 5 aromatic carbocycles. The number of aryl methyl sites for hydroxylation is 1. The second-order valence-electron chi connectivity index (χ2n) is 10.9. The number of benzene rings is 5. The maximum atomic E-state index is 12.6. The van der Waals surface area contributed by atoms with Crippen molar-refractivity contribution in [2.45, 2.75) is 31.1 Å². The third-order valence-corrected chi connectivity index (χ3v) is 8.80. The molecule has 6 heteroatoms. The van der Waals surface area contributed by atoms with Gasteiger partial charge in [-0.1, -0.05) is 97.1 Å².